The summed E-state index contributed by atoms with van der Waals surface area (Å²) in [7, 11) is 0. The van der Waals surface area contributed by atoms with E-state index in [1.807, 2.05) is 34.9 Å². The molecule has 1 aromatic carbocycles. The van der Waals surface area contributed by atoms with Gasteiger partial charge in [-0.25, -0.2) is 0 Å². The molecule has 2 rings (SSSR count). The van der Waals surface area contributed by atoms with Gasteiger partial charge in [0.05, 0.1) is 11.4 Å². The van der Waals surface area contributed by atoms with E-state index >= 15 is 0 Å². The average molecular weight is 296 g/mol. The number of amides is 1. The van der Waals surface area contributed by atoms with Crippen molar-refractivity contribution in [2.24, 2.45) is 5.73 Å². The molecule has 0 radical (unpaired) electrons. The van der Waals surface area contributed by atoms with E-state index in [0.717, 1.165) is 24.4 Å². The molecule has 19 heavy (non-hydrogen) atoms. The lowest BCUT2D eigenvalue weighted by Crippen LogP contribution is -2.37. The van der Waals surface area contributed by atoms with E-state index in [4.69, 9.17) is 5.73 Å². The monoisotopic (exact) mass is 296 g/mol. The summed E-state index contributed by atoms with van der Waals surface area (Å²) >= 11 is 3.52. The Morgan fingerprint density at radius 2 is 2.32 bits per heavy atom. The van der Waals surface area contributed by atoms with Gasteiger partial charge in [-0.3, -0.25) is 4.79 Å². The van der Waals surface area contributed by atoms with Crippen molar-refractivity contribution in [1.82, 2.24) is 0 Å². The number of anilines is 1. The third-order valence-electron chi connectivity index (χ3n) is 3.09. The largest absolute Gasteiger partial charge is 0.330 e. The number of benzene rings is 1. The molecule has 0 aliphatic carbocycles. The Balaban J connectivity index is 1.97. The first kappa shape index (κ1) is 14.8. The fraction of sp³-hybridized carbons (Fsp3) is 0.500. The van der Waals surface area contributed by atoms with Crippen LogP contribution in [0.1, 0.15) is 13.3 Å². The lowest BCUT2D eigenvalue weighted by atomic mass is 10.3. The molecule has 1 aliphatic heterocycles. The molecule has 0 saturated carbocycles. The number of nitrogens with two attached hydrogens (primary N) is 1. The summed E-state index contributed by atoms with van der Waals surface area (Å²) < 4.78 is 0. The van der Waals surface area contributed by atoms with Gasteiger partial charge in [0.25, 0.3) is 0 Å². The molecule has 0 fully saturated rings. The Kier molecular flexibility index (Phi) is 5.60. The molecular formula is C14H20N2OS2. The van der Waals surface area contributed by atoms with Gasteiger partial charge in [-0.1, -0.05) is 19.1 Å². The first-order valence-corrected chi connectivity index (χ1v) is 8.59. The predicted molar refractivity (Wildman–Crippen MR) is 85.1 cm³/mol. The van der Waals surface area contributed by atoms with Gasteiger partial charge in [-0.2, -0.15) is 0 Å². The van der Waals surface area contributed by atoms with Gasteiger partial charge in [0, 0.05) is 22.4 Å². The molecule has 1 atom stereocenters. The maximum absolute atomic E-state index is 12.3. The number of thioether (sulfide) groups is 2. The van der Waals surface area contributed by atoms with Crippen LogP contribution < -0.4 is 10.6 Å². The summed E-state index contributed by atoms with van der Waals surface area (Å²) in [6.07, 6.45) is 0.963. The third-order valence-corrected chi connectivity index (χ3v) is 5.36. The number of carbonyl (C=O) groups is 1. The quantitative estimate of drug-likeness (QED) is 0.907. The normalized spacial score (nSPS) is 16.0. The molecule has 2 N–H and O–H groups in total. The zero-order valence-electron chi connectivity index (χ0n) is 11.2. The van der Waals surface area contributed by atoms with E-state index < -0.39 is 0 Å². The molecule has 1 amide bonds. The molecule has 0 bridgehead atoms. The summed E-state index contributed by atoms with van der Waals surface area (Å²) in [5.74, 6) is 1.73. The molecule has 0 spiro atoms. The first-order chi connectivity index (χ1) is 9.22. The van der Waals surface area contributed by atoms with Crippen LogP contribution in [0, 0.1) is 0 Å². The fourth-order valence-electron chi connectivity index (χ4n) is 2.04. The van der Waals surface area contributed by atoms with Crippen LogP contribution in [0.4, 0.5) is 5.69 Å². The molecule has 5 heteroatoms. The Morgan fingerprint density at radius 3 is 3.11 bits per heavy atom. The van der Waals surface area contributed by atoms with E-state index in [9.17, 15) is 4.79 Å². The van der Waals surface area contributed by atoms with E-state index in [2.05, 4.69) is 13.0 Å². The van der Waals surface area contributed by atoms with Crippen LogP contribution in [-0.4, -0.2) is 35.8 Å². The molecule has 1 aromatic rings. The van der Waals surface area contributed by atoms with Crippen LogP contribution in [0.5, 0.6) is 0 Å². The lowest BCUT2D eigenvalue weighted by molar-refractivity contribution is -0.116. The zero-order chi connectivity index (χ0) is 13.7. The van der Waals surface area contributed by atoms with Gasteiger partial charge < -0.3 is 10.6 Å². The van der Waals surface area contributed by atoms with Crippen LogP contribution in [0.2, 0.25) is 0 Å². The highest BCUT2D eigenvalue weighted by atomic mass is 32.2. The number of para-hydroxylation sites is 1. The van der Waals surface area contributed by atoms with Crippen LogP contribution in [0.3, 0.4) is 0 Å². The van der Waals surface area contributed by atoms with Crippen molar-refractivity contribution < 1.29 is 4.79 Å². The van der Waals surface area contributed by atoms with Gasteiger partial charge in [0.1, 0.15) is 0 Å². The standard InChI is InChI=1S/C14H20N2OS2/c1-11(6-7-15)19-10-14(17)16-8-9-18-13-5-3-2-4-12(13)16/h2-5,11H,6-10,15H2,1H3. The second-order valence-corrected chi connectivity index (χ2v) is 7.12. The lowest BCUT2D eigenvalue weighted by Gasteiger charge is -2.29. The molecule has 1 heterocycles. The average Bonchev–Trinajstić information content (AvgIpc) is 2.44. The van der Waals surface area contributed by atoms with E-state index in [1.54, 1.807) is 11.8 Å². The number of fused-ring (bicyclic) bond motifs is 1. The molecule has 104 valence electrons. The molecule has 0 aromatic heterocycles. The van der Waals surface area contributed by atoms with Crippen molar-refractivity contribution in [2.45, 2.75) is 23.5 Å². The maximum atomic E-state index is 12.3. The molecule has 1 unspecified atom stereocenters. The minimum absolute atomic E-state index is 0.210. The highest BCUT2D eigenvalue weighted by molar-refractivity contribution is 8.00. The van der Waals surface area contributed by atoms with Crippen LogP contribution in [0.25, 0.3) is 0 Å². The molecule has 0 saturated heterocycles. The van der Waals surface area contributed by atoms with E-state index in [0.29, 0.717) is 17.5 Å². The maximum Gasteiger partial charge on any atom is 0.237 e. The number of nitrogens with zero attached hydrogens (tertiary/aromatic N) is 1. The SMILES string of the molecule is CC(CCN)SCC(=O)N1CCSc2ccccc21. The van der Waals surface area contributed by atoms with Crippen molar-refractivity contribution in [1.29, 1.82) is 0 Å². The summed E-state index contributed by atoms with van der Waals surface area (Å²) in [5.41, 5.74) is 6.60. The Morgan fingerprint density at radius 1 is 1.53 bits per heavy atom. The highest BCUT2D eigenvalue weighted by Gasteiger charge is 2.22. The van der Waals surface area contributed by atoms with Crippen molar-refractivity contribution in [3.8, 4) is 0 Å². The summed E-state index contributed by atoms with van der Waals surface area (Å²) in [6.45, 7) is 3.63. The van der Waals surface area contributed by atoms with Gasteiger partial charge in [-0.05, 0) is 25.1 Å². The van der Waals surface area contributed by atoms with Crippen LogP contribution in [0.15, 0.2) is 29.2 Å². The van der Waals surface area contributed by atoms with Gasteiger partial charge in [0.15, 0.2) is 0 Å². The minimum Gasteiger partial charge on any atom is -0.330 e. The summed E-state index contributed by atoms with van der Waals surface area (Å²) in [6, 6.07) is 8.14. The van der Waals surface area contributed by atoms with Gasteiger partial charge >= 0.3 is 0 Å². The number of hydrogen-bond donors (Lipinski definition) is 1. The minimum atomic E-state index is 0.210. The van der Waals surface area contributed by atoms with Crippen molar-refractivity contribution in [2.75, 3.05) is 29.5 Å². The molecule has 3 nitrogen and oxygen atoms in total. The molecular weight excluding hydrogens is 276 g/mol. The van der Waals surface area contributed by atoms with E-state index in [1.165, 1.54) is 4.90 Å². The topological polar surface area (TPSA) is 46.3 Å². The fourth-order valence-corrected chi connectivity index (χ4v) is 3.92. The number of carbonyl (C=O) groups excluding carboxylic acids is 1. The van der Waals surface area contributed by atoms with Gasteiger partial charge in [-0.15, -0.1) is 23.5 Å². The van der Waals surface area contributed by atoms with Crippen LogP contribution in [-0.2, 0) is 4.79 Å². The summed E-state index contributed by atoms with van der Waals surface area (Å²) in [5, 5.41) is 0.448. The second-order valence-electron chi connectivity index (χ2n) is 4.56. The first-order valence-electron chi connectivity index (χ1n) is 6.56. The van der Waals surface area contributed by atoms with Gasteiger partial charge in [0.2, 0.25) is 5.91 Å². The summed E-state index contributed by atoms with van der Waals surface area (Å²) in [4.78, 5) is 15.5. The Labute approximate surface area is 123 Å². The van der Waals surface area contributed by atoms with Crippen molar-refractivity contribution >= 4 is 35.1 Å². The third kappa shape index (κ3) is 3.91. The smallest absolute Gasteiger partial charge is 0.237 e. The highest BCUT2D eigenvalue weighted by Crippen LogP contribution is 2.34. The Hall–Kier alpha value is -0.650. The van der Waals surface area contributed by atoms with Crippen molar-refractivity contribution in [3.05, 3.63) is 24.3 Å². The number of rotatable bonds is 5. The molecule has 1 aliphatic rings. The predicted octanol–water partition coefficient (Wildman–Crippen LogP) is 2.60. The van der Waals surface area contributed by atoms with E-state index in [-0.39, 0.29) is 5.91 Å². The zero-order valence-corrected chi connectivity index (χ0v) is 12.8. The Bertz CT molecular complexity index is 439. The van der Waals surface area contributed by atoms with Crippen molar-refractivity contribution in [3.63, 3.8) is 0 Å². The van der Waals surface area contributed by atoms with Crippen LogP contribution >= 0.6 is 23.5 Å². The second kappa shape index (κ2) is 7.22. The number of hydrogen-bond acceptors (Lipinski definition) is 4.